The van der Waals surface area contributed by atoms with Crippen LogP contribution in [0.3, 0.4) is 0 Å². The first-order chi connectivity index (χ1) is 12.4. The van der Waals surface area contributed by atoms with Crippen LogP contribution in [0.1, 0.15) is 12.4 Å². The van der Waals surface area contributed by atoms with Gasteiger partial charge in [0.15, 0.2) is 0 Å². The van der Waals surface area contributed by atoms with E-state index in [2.05, 4.69) is 5.10 Å². The van der Waals surface area contributed by atoms with Crippen molar-refractivity contribution in [3.8, 4) is 5.69 Å². The highest BCUT2D eigenvalue weighted by molar-refractivity contribution is 7.92. The lowest BCUT2D eigenvalue weighted by atomic mass is 10.2. The van der Waals surface area contributed by atoms with Crippen LogP contribution in [-0.4, -0.2) is 40.8 Å². The van der Waals surface area contributed by atoms with Gasteiger partial charge in [0.2, 0.25) is 10.0 Å². The second kappa shape index (κ2) is 7.74. The maximum atomic E-state index is 13.0. The number of carbonyl (C=O) groups excluding carboxylic acids is 1. The molecule has 0 radical (unpaired) electrons. The second-order valence-electron chi connectivity index (χ2n) is 5.20. The van der Waals surface area contributed by atoms with Gasteiger partial charge in [-0.1, -0.05) is 23.2 Å². The van der Waals surface area contributed by atoms with Gasteiger partial charge in [-0.3, -0.25) is 4.79 Å². The van der Waals surface area contributed by atoms with Crippen LogP contribution < -0.4 is 9.99 Å². The molecule has 2 rings (SSSR count). The predicted octanol–water partition coefficient (Wildman–Crippen LogP) is 2.58. The smallest absolute Gasteiger partial charge is 0.272 e. The number of sulfonamides is 1. The molecular weight excluding hydrogens is 453 g/mol. The summed E-state index contributed by atoms with van der Waals surface area (Å²) in [5, 5.41) is 3.27. The van der Waals surface area contributed by atoms with Gasteiger partial charge >= 0.3 is 12.2 Å². The summed E-state index contributed by atoms with van der Waals surface area (Å²) in [5.74, 6) is -2.00. The molecule has 1 aromatic carbocycles. The molecular formula is C13H11Cl3F2N4O4S. The third kappa shape index (κ3) is 4.10. The zero-order valence-electron chi connectivity index (χ0n) is 13.7. The number of rotatable bonds is 5. The maximum absolute atomic E-state index is 13.0. The molecule has 0 aliphatic rings. The van der Waals surface area contributed by atoms with Crippen molar-refractivity contribution < 1.29 is 22.0 Å². The summed E-state index contributed by atoms with van der Waals surface area (Å²) < 4.78 is 51.0. The molecule has 0 N–H and O–H groups in total. The summed E-state index contributed by atoms with van der Waals surface area (Å²) in [5.41, 5.74) is -1.83. The fraction of sp³-hybridized carbons (Fsp3) is 0.308. The normalized spacial score (nSPS) is 11.9. The number of aryl methyl sites for hydroxylation is 1. The minimum Gasteiger partial charge on any atom is -0.272 e. The van der Waals surface area contributed by atoms with E-state index in [0.29, 0.717) is 8.99 Å². The lowest BCUT2D eigenvalue weighted by Crippen LogP contribution is -2.37. The molecule has 0 atom stereocenters. The van der Waals surface area contributed by atoms with Crippen molar-refractivity contribution in [1.29, 1.82) is 0 Å². The van der Waals surface area contributed by atoms with Crippen molar-refractivity contribution in [2.75, 3.05) is 16.4 Å². The molecule has 0 aliphatic heterocycles. The van der Waals surface area contributed by atoms with Gasteiger partial charge in [-0.2, -0.15) is 13.5 Å². The van der Waals surface area contributed by atoms with E-state index < -0.39 is 34.0 Å². The average Bonchev–Trinajstić information content (AvgIpc) is 2.82. The number of hydrogen-bond acceptors (Lipinski definition) is 5. The molecule has 14 heteroatoms. The molecule has 0 saturated heterocycles. The van der Waals surface area contributed by atoms with Crippen LogP contribution in [0.5, 0.6) is 0 Å². The number of aromatic nitrogens is 3. The standard InChI is InChI=1S/C13H11Cl3F2N4O4S/c1-6-19-21(13(24)20(6)12(17)18)9-4-10(8(16)3-7(9)15)22(11(23)5-14)27(2,25)26/h3-4,12H,5H2,1-2H3. The van der Waals surface area contributed by atoms with Crippen LogP contribution in [-0.2, 0) is 14.8 Å². The molecule has 0 spiro atoms. The Labute approximate surface area is 166 Å². The highest BCUT2D eigenvalue weighted by Gasteiger charge is 2.29. The van der Waals surface area contributed by atoms with E-state index in [4.69, 9.17) is 34.8 Å². The molecule has 1 amide bonds. The Hall–Kier alpha value is -1.69. The first-order valence-corrected chi connectivity index (χ1v) is 10.1. The Balaban J connectivity index is 2.80. The van der Waals surface area contributed by atoms with Gasteiger partial charge in [0, 0.05) is 0 Å². The van der Waals surface area contributed by atoms with Crippen LogP contribution >= 0.6 is 34.8 Å². The molecule has 2 aromatic rings. The summed E-state index contributed by atoms with van der Waals surface area (Å²) in [6, 6.07) is 2.02. The van der Waals surface area contributed by atoms with E-state index in [1.807, 2.05) is 0 Å². The minimum atomic E-state index is -4.15. The van der Waals surface area contributed by atoms with Gasteiger partial charge in [-0.05, 0) is 19.1 Å². The Bertz CT molecular complexity index is 1070. The van der Waals surface area contributed by atoms with E-state index in [0.717, 1.165) is 18.4 Å². The van der Waals surface area contributed by atoms with Crippen molar-refractivity contribution >= 4 is 56.4 Å². The van der Waals surface area contributed by atoms with E-state index in [1.54, 1.807) is 0 Å². The molecule has 1 heterocycles. The fourth-order valence-corrected chi connectivity index (χ4v) is 3.99. The number of hydrogen-bond donors (Lipinski definition) is 0. The summed E-state index contributed by atoms with van der Waals surface area (Å²) in [7, 11) is -4.15. The number of alkyl halides is 3. The molecule has 0 saturated carbocycles. The average molecular weight is 464 g/mol. The molecule has 0 bridgehead atoms. The number of carbonyl (C=O) groups is 1. The lowest BCUT2D eigenvalue weighted by Gasteiger charge is -2.21. The Morgan fingerprint density at radius 3 is 2.33 bits per heavy atom. The number of halogens is 5. The molecule has 0 fully saturated rings. The quantitative estimate of drug-likeness (QED) is 0.635. The van der Waals surface area contributed by atoms with E-state index >= 15 is 0 Å². The first-order valence-electron chi connectivity index (χ1n) is 6.95. The van der Waals surface area contributed by atoms with E-state index in [-0.39, 0.29) is 31.8 Å². The molecule has 1 aromatic heterocycles. The van der Waals surface area contributed by atoms with Crippen LogP contribution in [0.25, 0.3) is 5.69 Å². The number of amides is 1. The molecule has 148 valence electrons. The van der Waals surface area contributed by atoms with Gasteiger partial charge in [0.1, 0.15) is 11.7 Å². The van der Waals surface area contributed by atoms with Crippen LogP contribution in [0, 0.1) is 6.92 Å². The van der Waals surface area contributed by atoms with Gasteiger partial charge < -0.3 is 0 Å². The van der Waals surface area contributed by atoms with Gasteiger partial charge in [-0.15, -0.1) is 16.7 Å². The summed E-state index contributed by atoms with van der Waals surface area (Å²) >= 11 is 17.5. The Kier molecular flexibility index (Phi) is 6.19. The molecule has 8 nitrogen and oxygen atoms in total. The summed E-state index contributed by atoms with van der Waals surface area (Å²) in [6.45, 7) is -1.98. The summed E-state index contributed by atoms with van der Waals surface area (Å²) in [6.07, 6.45) is 0.740. The van der Waals surface area contributed by atoms with Crippen LogP contribution in [0.2, 0.25) is 10.0 Å². The molecule has 27 heavy (non-hydrogen) atoms. The van der Waals surface area contributed by atoms with Gasteiger partial charge in [-0.25, -0.2) is 22.1 Å². The SMILES string of the molecule is Cc1nn(-c2cc(N(C(=O)CCl)S(C)(=O)=O)c(Cl)cc2Cl)c(=O)n1C(F)F. The highest BCUT2D eigenvalue weighted by atomic mass is 35.5. The number of anilines is 1. The largest absolute Gasteiger partial charge is 0.355 e. The number of nitrogens with zero attached hydrogens (tertiary/aromatic N) is 4. The third-order valence-electron chi connectivity index (χ3n) is 3.31. The lowest BCUT2D eigenvalue weighted by molar-refractivity contribution is -0.115. The molecule has 0 aliphatic carbocycles. The van der Waals surface area contributed by atoms with Crippen molar-refractivity contribution in [3.63, 3.8) is 0 Å². The summed E-state index contributed by atoms with van der Waals surface area (Å²) in [4.78, 5) is 24.2. The Morgan fingerprint density at radius 1 is 1.30 bits per heavy atom. The van der Waals surface area contributed by atoms with E-state index in [9.17, 15) is 26.8 Å². The first kappa shape index (κ1) is 21.6. The highest BCUT2D eigenvalue weighted by Crippen LogP contribution is 2.35. The second-order valence-corrected chi connectivity index (χ2v) is 8.11. The van der Waals surface area contributed by atoms with Crippen molar-refractivity contribution in [3.05, 3.63) is 38.5 Å². The predicted molar refractivity (Wildman–Crippen MR) is 96.9 cm³/mol. The maximum Gasteiger partial charge on any atom is 0.355 e. The topological polar surface area (TPSA) is 94.3 Å². The van der Waals surface area contributed by atoms with Crippen LogP contribution in [0.15, 0.2) is 16.9 Å². The third-order valence-corrected chi connectivity index (χ3v) is 5.21. The molecule has 0 unspecified atom stereocenters. The van der Waals surface area contributed by atoms with E-state index in [1.165, 1.54) is 6.92 Å². The fourth-order valence-electron chi connectivity index (χ4n) is 2.25. The zero-order valence-corrected chi connectivity index (χ0v) is 16.7. The monoisotopic (exact) mass is 462 g/mol. The van der Waals surface area contributed by atoms with Crippen molar-refractivity contribution in [1.82, 2.24) is 14.3 Å². The van der Waals surface area contributed by atoms with Gasteiger partial charge in [0.05, 0.1) is 27.7 Å². The van der Waals surface area contributed by atoms with Crippen LogP contribution in [0.4, 0.5) is 14.5 Å². The Morgan fingerprint density at radius 2 is 1.89 bits per heavy atom. The number of benzene rings is 1. The van der Waals surface area contributed by atoms with Crippen molar-refractivity contribution in [2.24, 2.45) is 0 Å². The zero-order chi connectivity index (χ0) is 20.7. The minimum absolute atomic E-state index is 0.114. The van der Waals surface area contributed by atoms with Crippen molar-refractivity contribution in [2.45, 2.75) is 13.5 Å². The van der Waals surface area contributed by atoms with Gasteiger partial charge in [0.25, 0.3) is 5.91 Å².